The molecule has 4 aliphatic rings. The number of anilines is 1. The Morgan fingerprint density at radius 3 is 2.88 bits per heavy atom. The van der Waals surface area contributed by atoms with Crippen LogP contribution < -0.4 is 16.0 Å². The molecule has 1 spiro atoms. The molecule has 168 valence electrons. The Bertz CT molecular complexity index is 1240. The summed E-state index contributed by atoms with van der Waals surface area (Å²) in [6.45, 7) is 6.14. The molecule has 0 radical (unpaired) electrons. The van der Waals surface area contributed by atoms with Gasteiger partial charge < -0.3 is 20.7 Å². The van der Waals surface area contributed by atoms with Crippen molar-refractivity contribution < 1.29 is 4.74 Å². The van der Waals surface area contributed by atoms with E-state index in [0.717, 1.165) is 43.9 Å². The lowest BCUT2D eigenvalue weighted by atomic mass is 9.73. The van der Waals surface area contributed by atoms with Crippen LogP contribution >= 0.6 is 11.6 Å². The normalized spacial score (nSPS) is 22.8. The fraction of sp³-hybridized carbons (Fsp3) is 0.320. The van der Waals surface area contributed by atoms with Gasteiger partial charge in [0, 0.05) is 25.3 Å². The maximum absolute atomic E-state index is 6.72. The molecular formula is C25H25ClN6O. The third-order valence-electron chi connectivity index (χ3n) is 7.26. The number of hydrogen-bond acceptors (Lipinski definition) is 7. The second-order valence-electron chi connectivity index (χ2n) is 9.08. The van der Waals surface area contributed by atoms with Gasteiger partial charge in [0.15, 0.2) is 5.76 Å². The van der Waals surface area contributed by atoms with E-state index in [2.05, 4.69) is 51.0 Å². The number of dihydropyridines is 1. The molecule has 1 saturated heterocycles. The minimum atomic E-state index is 0.108. The molecule has 3 N–H and O–H groups in total. The van der Waals surface area contributed by atoms with E-state index in [9.17, 15) is 0 Å². The molecule has 0 amide bonds. The van der Waals surface area contributed by atoms with Gasteiger partial charge in [0.1, 0.15) is 16.5 Å². The first-order chi connectivity index (χ1) is 16.0. The Labute approximate surface area is 197 Å². The van der Waals surface area contributed by atoms with Gasteiger partial charge in [0.05, 0.1) is 24.1 Å². The minimum Gasteiger partial charge on any atom is -0.435 e. The van der Waals surface area contributed by atoms with E-state index in [1.807, 2.05) is 6.20 Å². The first-order valence-electron chi connectivity index (χ1n) is 11.2. The van der Waals surface area contributed by atoms with Gasteiger partial charge in [-0.15, -0.1) is 0 Å². The quantitative estimate of drug-likeness (QED) is 0.710. The standard InChI is InChI=1S/C25H25ClN6O/c1-15-21(26)19(6-9-28-15)33-24-22-18(13-30-24)31-20(14-29-22)32-10-7-25(8-11-32)12-16-4-2-3-5-17(16)23(25)27/h2-6,9,14,23,28H,1,7-8,10-13,27H2/t23-/m1/s1. The van der Waals surface area contributed by atoms with Crippen LogP contribution in [0.15, 0.2) is 70.8 Å². The van der Waals surface area contributed by atoms with Gasteiger partial charge in [-0.25, -0.2) is 15.0 Å². The molecule has 7 nitrogen and oxygen atoms in total. The Kier molecular flexibility index (Phi) is 4.78. The number of hydrogen-bond donors (Lipinski definition) is 2. The van der Waals surface area contributed by atoms with Crippen molar-refractivity contribution in [3.63, 3.8) is 0 Å². The van der Waals surface area contributed by atoms with Crippen LogP contribution in [0, 0.1) is 5.41 Å². The number of fused-ring (bicyclic) bond motifs is 2. The van der Waals surface area contributed by atoms with Crippen molar-refractivity contribution >= 4 is 23.3 Å². The molecule has 8 heteroatoms. The number of benzene rings is 1. The van der Waals surface area contributed by atoms with Crippen molar-refractivity contribution in [2.45, 2.75) is 31.8 Å². The second kappa shape index (κ2) is 7.71. The molecule has 1 aromatic carbocycles. The van der Waals surface area contributed by atoms with Crippen molar-refractivity contribution in [1.29, 1.82) is 0 Å². The number of halogens is 1. The van der Waals surface area contributed by atoms with Gasteiger partial charge >= 0.3 is 0 Å². The van der Waals surface area contributed by atoms with Gasteiger partial charge in [0.2, 0.25) is 5.90 Å². The van der Waals surface area contributed by atoms with Crippen molar-refractivity contribution in [1.82, 2.24) is 15.3 Å². The number of nitrogens with two attached hydrogens (primary N) is 1. The van der Waals surface area contributed by atoms with Crippen LogP contribution in [0.1, 0.15) is 41.4 Å². The highest BCUT2D eigenvalue weighted by molar-refractivity contribution is 6.32. The van der Waals surface area contributed by atoms with E-state index in [1.54, 1.807) is 12.3 Å². The predicted octanol–water partition coefficient (Wildman–Crippen LogP) is 3.68. The average molecular weight is 461 g/mol. The second-order valence-corrected chi connectivity index (χ2v) is 9.46. The van der Waals surface area contributed by atoms with Gasteiger partial charge in [-0.3, -0.25) is 0 Å². The van der Waals surface area contributed by atoms with Crippen LogP contribution in [0.4, 0.5) is 5.82 Å². The summed E-state index contributed by atoms with van der Waals surface area (Å²) in [5.74, 6) is 1.81. The first kappa shape index (κ1) is 20.4. The number of aliphatic imine (C=N–C) groups is 1. The molecule has 0 saturated carbocycles. The largest absolute Gasteiger partial charge is 0.435 e. The van der Waals surface area contributed by atoms with E-state index in [0.29, 0.717) is 34.6 Å². The first-order valence-corrected chi connectivity index (χ1v) is 11.6. The zero-order valence-corrected chi connectivity index (χ0v) is 19.0. The Balaban J connectivity index is 1.16. The molecule has 0 bridgehead atoms. The summed E-state index contributed by atoms with van der Waals surface area (Å²) in [6.07, 6.45) is 8.45. The van der Waals surface area contributed by atoms with Crippen LogP contribution in [0.2, 0.25) is 0 Å². The van der Waals surface area contributed by atoms with Crippen LogP contribution in [0.25, 0.3) is 0 Å². The molecule has 0 unspecified atom stereocenters. The Morgan fingerprint density at radius 1 is 1.24 bits per heavy atom. The molecular weight excluding hydrogens is 436 g/mol. The summed E-state index contributed by atoms with van der Waals surface area (Å²) in [7, 11) is 0. The number of aromatic nitrogens is 2. The third kappa shape index (κ3) is 3.34. The molecule has 1 fully saturated rings. The summed E-state index contributed by atoms with van der Waals surface area (Å²) in [5, 5.41) is 3.37. The van der Waals surface area contributed by atoms with Crippen LogP contribution in [-0.4, -0.2) is 29.0 Å². The summed E-state index contributed by atoms with van der Waals surface area (Å²) in [6, 6.07) is 8.72. The third-order valence-corrected chi connectivity index (χ3v) is 7.68. The smallest absolute Gasteiger partial charge is 0.243 e. The van der Waals surface area contributed by atoms with Crippen molar-refractivity contribution in [2.75, 3.05) is 18.0 Å². The van der Waals surface area contributed by atoms with E-state index in [-0.39, 0.29) is 11.5 Å². The monoisotopic (exact) mass is 460 g/mol. The minimum absolute atomic E-state index is 0.108. The number of allylic oxidation sites excluding steroid dienone is 2. The van der Waals surface area contributed by atoms with Crippen LogP contribution in [0.5, 0.6) is 0 Å². The van der Waals surface area contributed by atoms with E-state index in [1.165, 1.54) is 11.1 Å². The highest BCUT2D eigenvalue weighted by Gasteiger charge is 2.46. The summed E-state index contributed by atoms with van der Waals surface area (Å²) in [5.41, 5.74) is 11.7. The lowest BCUT2D eigenvalue weighted by Gasteiger charge is -2.42. The molecule has 33 heavy (non-hydrogen) atoms. The fourth-order valence-corrected chi connectivity index (χ4v) is 5.49. The van der Waals surface area contributed by atoms with Crippen LogP contribution in [-0.2, 0) is 17.7 Å². The van der Waals surface area contributed by atoms with Crippen molar-refractivity contribution in [2.24, 2.45) is 16.1 Å². The average Bonchev–Trinajstić information content (AvgIpc) is 3.36. The number of rotatable bonds is 2. The molecule has 2 aromatic rings. The molecule has 6 rings (SSSR count). The molecule has 1 aliphatic carbocycles. The van der Waals surface area contributed by atoms with E-state index in [4.69, 9.17) is 27.1 Å². The van der Waals surface area contributed by atoms with E-state index >= 15 is 0 Å². The Hall–Kier alpha value is -3.16. The topological polar surface area (TPSA) is 88.7 Å². The van der Waals surface area contributed by atoms with Gasteiger partial charge in [-0.05, 0) is 41.9 Å². The fourth-order valence-electron chi connectivity index (χ4n) is 5.33. The SMILES string of the molecule is C=C1NC=CC(OC2=NCc3nc(N4CCC5(CC4)Cc4ccccc4[C@H]5N)cnc32)=C1Cl. The maximum atomic E-state index is 6.72. The molecule has 4 heterocycles. The lowest BCUT2D eigenvalue weighted by molar-refractivity contribution is 0.187. The summed E-state index contributed by atoms with van der Waals surface area (Å²) < 4.78 is 5.93. The van der Waals surface area contributed by atoms with Gasteiger partial charge in [0.25, 0.3) is 0 Å². The zero-order valence-electron chi connectivity index (χ0n) is 18.2. The number of nitrogens with zero attached hydrogens (tertiary/aromatic N) is 4. The van der Waals surface area contributed by atoms with Crippen molar-refractivity contribution in [3.8, 4) is 0 Å². The number of piperidine rings is 1. The Morgan fingerprint density at radius 2 is 2.06 bits per heavy atom. The molecule has 1 atom stereocenters. The highest BCUT2D eigenvalue weighted by Crippen LogP contribution is 2.50. The summed E-state index contributed by atoms with van der Waals surface area (Å²) >= 11 is 6.29. The number of nitrogens with one attached hydrogen (secondary N) is 1. The molecule has 3 aliphatic heterocycles. The molecule has 1 aromatic heterocycles. The van der Waals surface area contributed by atoms with Crippen LogP contribution in [0.3, 0.4) is 0 Å². The van der Waals surface area contributed by atoms with Crippen molar-refractivity contribution in [3.05, 3.63) is 88.3 Å². The zero-order chi connectivity index (χ0) is 22.6. The highest BCUT2D eigenvalue weighted by atomic mass is 35.5. The van der Waals surface area contributed by atoms with E-state index < -0.39 is 0 Å². The predicted molar refractivity (Wildman–Crippen MR) is 129 cm³/mol. The lowest BCUT2D eigenvalue weighted by Crippen LogP contribution is -2.44. The number of ether oxygens (including phenoxy) is 1. The van der Waals surface area contributed by atoms with Gasteiger partial charge in [-0.1, -0.05) is 42.4 Å². The summed E-state index contributed by atoms with van der Waals surface area (Å²) in [4.78, 5) is 16.3. The maximum Gasteiger partial charge on any atom is 0.243 e. The van der Waals surface area contributed by atoms with Gasteiger partial charge in [-0.2, -0.15) is 0 Å².